The highest BCUT2D eigenvalue weighted by molar-refractivity contribution is 5.95. The Balaban J connectivity index is 2.22. The summed E-state index contributed by atoms with van der Waals surface area (Å²) in [5.74, 6) is -38.6. The number of hydrogen-bond donors (Lipinski definition) is 0. The van der Waals surface area contributed by atoms with Crippen molar-refractivity contribution in [3.05, 3.63) is 114 Å². The molecule has 0 N–H and O–H groups in total. The number of hydrogen-bond acceptors (Lipinski definition) is 5. The third kappa shape index (κ3) is 5.72. The van der Waals surface area contributed by atoms with Crippen LogP contribution < -0.4 is 0 Å². The Labute approximate surface area is 269 Å². The monoisotopic (exact) mass is 743 g/mol. The second-order valence-electron chi connectivity index (χ2n) is 9.76. The highest BCUT2D eigenvalue weighted by Crippen LogP contribution is 2.58. The number of pyridine rings is 1. The van der Waals surface area contributed by atoms with E-state index in [-0.39, 0.29) is 0 Å². The Bertz CT molecular complexity index is 2250. The minimum atomic E-state index is -6.18. The predicted octanol–water partition coefficient (Wildman–Crippen LogP) is 8.72. The van der Waals surface area contributed by atoms with Crippen LogP contribution in [0, 0.1) is 109 Å². The Hall–Kier alpha value is -6.16. The van der Waals surface area contributed by atoms with Crippen molar-refractivity contribution in [2.45, 2.75) is 24.2 Å². The SMILES string of the molecule is N#C/C(=C1C(C(C#N)c2c(F)c(F)nc(C#N)c2F)=C\1C(C#N)c1c(F)c(F)c(C(F)(F)F)c(F)c1F)c1c(F)c(F)c(C(F)(F)F)c(F)c1F. The topological polar surface area (TPSA) is 108 Å². The molecule has 2 aromatic carbocycles. The van der Waals surface area contributed by atoms with Gasteiger partial charge in [-0.1, -0.05) is 0 Å². The minimum absolute atomic E-state index is 0.753. The van der Waals surface area contributed by atoms with E-state index in [2.05, 4.69) is 4.98 Å². The molecule has 22 heteroatoms. The van der Waals surface area contributed by atoms with Crippen molar-refractivity contribution < 1.29 is 74.6 Å². The van der Waals surface area contributed by atoms with Crippen molar-refractivity contribution in [1.82, 2.24) is 4.98 Å². The maximum absolute atomic E-state index is 15.1. The van der Waals surface area contributed by atoms with Crippen LogP contribution in [0.5, 0.6) is 0 Å². The number of alkyl halides is 6. The van der Waals surface area contributed by atoms with Gasteiger partial charge in [0.05, 0.1) is 34.4 Å². The van der Waals surface area contributed by atoms with Crippen LogP contribution in [0.25, 0.3) is 5.57 Å². The Kier molecular flexibility index (Phi) is 9.32. The van der Waals surface area contributed by atoms with E-state index in [1.165, 1.54) is 0 Å². The second kappa shape index (κ2) is 12.6. The zero-order chi connectivity index (χ0) is 38.8. The fraction of sp³-hybridized carbons (Fsp3) is 0.138. The lowest BCUT2D eigenvalue weighted by molar-refractivity contribution is -0.144. The summed E-state index contributed by atoms with van der Waals surface area (Å²) in [5.41, 5.74) is -21.7. The van der Waals surface area contributed by atoms with Crippen LogP contribution in [0.4, 0.5) is 74.6 Å². The molecule has 0 radical (unpaired) electrons. The zero-order valence-electron chi connectivity index (χ0n) is 23.3. The quantitative estimate of drug-likeness (QED) is 0.113. The van der Waals surface area contributed by atoms with Crippen LogP contribution in [0.1, 0.15) is 45.3 Å². The van der Waals surface area contributed by atoms with Gasteiger partial charge in [-0.15, -0.1) is 0 Å². The molecule has 2 atom stereocenters. The van der Waals surface area contributed by atoms with Gasteiger partial charge >= 0.3 is 12.4 Å². The molecule has 0 spiro atoms. The van der Waals surface area contributed by atoms with Gasteiger partial charge < -0.3 is 0 Å². The molecule has 51 heavy (non-hydrogen) atoms. The van der Waals surface area contributed by atoms with E-state index in [4.69, 9.17) is 5.26 Å². The summed E-state index contributed by atoms with van der Waals surface area (Å²) in [6.07, 6.45) is -12.3. The molecule has 5 nitrogen and oxygen atoms in total. The van der Waals surface area contributed by atoms with E-state index in [1.807, 2.05) is 0 Å². The first-order chi connectivity index (χ1) is 23.5. The minimum Gasteiger partial charge on any atom is -0.203 e. The lowest BCUT2D eigenvalue weighted by Crippen LogP contribution is -2.18. The van der Waals surface area contributed by atoms with Crippen molar-refractivity contribution >= 4 is 5.57 Å². The molecule has 0 bridgehead atoms. The molecule has 0 aliphatic heterocycles. The Morgan fingerprint density at radius 2 is 0.882 bits per heavy atom. The molecule has 1 aliphatic carbocycles. The van der Waals surface area contributed by atoms with Crippen molar-refractivity contribution in [3.63, 3.8) is 0 Å². The summed E-state index contributed by atoms with van der Waals surface area (Å²) in [5, 5.41) is 38.3. The molecule has 0 amide bonds. The zero-order valence-corrected chi connectivity index (χ0v) is 23.3. The van der Waals surface area contributed by atoms with Crippen molar-refractivity contribution in [1.29, 1.82) is 21.0 Å². The van der Waals surface area contributed by atoms with Gasteiger partial charge in [-0.3, -0.25) is 0 Å². The van der Waals surface area contributed by atoms with Crippen LogP contribution in [-0.4, -0.2) is 4.98 Å². The lowest BCUT2D eigenvalue weighted by Gasteiger charge is -2.16. The number of nitrogens with zero attached hydrogens (tertiary/aromatic N) is 5. The van der Waals surface area contributed by atoms with E-state index in [1.54, 1.807) is 0 Å². The van der Waals surface area contributed by atoms with Gasteiger partial charge in [-0.2, -0.15) is 51.8 Å². The van der Waals surface area contributed by atoms with Gasteiger partial charge in [-0.25, -0.2) is 48.9 Å². The number of halogens is 17. The van der Waals surface area contributed by atoms with Gasteiger partial charge in [-0.05, 0) is 11.1 Å². The molecule has 0 saturated heterocycles. The molecular weight excluding hydrogens is 741 g/mol. The standard InChI is InChI=1S/C29H2F17N5/c30-17-8(4-50)51-27(40)22(35)12(17)5(1-47)9-10(6(2-48)13-18(31)23(36)15(28(41,42)43)24(37)19(13)32)11(9)7(3-49)14-20(33)25(38)16(29(44,45)46)26(39)21(14)34/h5-6H/b11-7-. The summed E-state index contributed by atoms with van der Waals surface area (Å²) in [6.45, 7) is 0. The summed E-state index contributed by atoms with van der Waals surface area (Å²) < 4.78 is 242. The van der Waals surface area contributed by atoms with Crippen molar-refractivity contribution in [2.75, 3.05) is 0 Å². The average Bonchev–Trinajstić information content (AvgIpc) is 3.75. The van der Waals surface area contributed by atoms with Crippen molar-refractivity contribution in [2.24, 2.45) is 0 Å². The average molecular weight is 743 g/mol. The van der Waals surface area contributed by atoms with Crippen LogP contribution in [0.3, 0.4) is 0 Å². The van der Waals surface area contributed by atoms with Crippen molar-refractivity contribution in [3.8, 4) is 24.3 Å². The Morgan fingerprint density at radius 3 is 1.22 bits per heavy atom. The molecule has 1 heterocycles. The van der Waals surface area contributed by atoms with Crippen LogP contribution in [0.2, 0.25) is 0 Å². The Morgan fingerprint density at radius 1 is 0.510 bits per heavy atom. The summed E-state index contributed by atoms with van der Waals surface area (Å²) in [4.78, 5) is 2.56. The number of nitriles is 4. The predicted molar refractivity (Wildman–Crippen MR) is 128 cm³/mol. The van der Waals surface area contributed by atoms with E-state index in [9.17, 15) is 68.5 Å². The highest BCUT2D eigenvalue weighted by atomic mass is 19.4. The fourth-order valence-corrected chi connectivity index (χ4v) is 4.98. The van der Waals surface area contributed by atoms with Gasteiger partial charge in [0.25, 0.3) is 5.95 Å². The third-order valence-electron chi connectivity index (χ3n) is 7.10. The summed E-state index contributed by atoms with van der Waals surface area (Å²) in [7, 11) is 0. The molecule has 3 aromatic rings. The first-order valence-corrected chi connectivity index (χ1v) is 12.5. The van der Waals surface area contributed by atoms with Crippen LogP contribution in [0.15, 0.2) is 16.7 Å². The van der Waals surface area contributed by atoms with Gasteiger partial charge in [0.2, 0.25) is 0 Å². The van der Waals surface area contributed by atoms with E-state index >= 15 is 22.0 Å². The molecule has 0 saturated carbocycles. The summed E-state index contributed by atoms with van der Waals surface area (Å²) >= 11 is 0. The molecular formula is C29H2F17N5. The first kappa shape index (κ1) is 37.7. The van der Waals surface area contributed by atoms with Crippen LogP contribution in [-0.2, 0) is 12.4 Å². The molecule has 2 unspecified atom stereocenters. The van der Waals surface area contributed by atoms with E-state index in [0.717, 1.165) is 24.3 Å². The van der Waals surface area contributed by atoms with Gasteiger partial charge in [0.1, 0.15) is 35.1 Å². The molecule has 262 valence electrons. The fourth-order valence-electron chi connectivity index (χ4n) is 4.98. The normalized spacial score (nSPS) is 15.1. The molecule has 4 rings (SSSR count). The number of rotatable bonds is 5. The number of aromatic nitrogens is 1. The maximum Gasteiger partial charge on any atom is 0.422 e. The molecule has 1 aromatic heterocycles. The number of benzene rings is 2. The first-order valence-electron chi connectivity index (χ1n) is 12.5. The largest absolute Gasteiger partial charge is 0.422 e. The lowest BCUT2D eigenvalue weighted by atomic mass is 9.92. The maximum atomic E-state index is 15.1. The van der Waals surface area contributed by atoms with Gasteiger partial charge in [0, 0.05) is 5.57 Å². The third-order valence-corrected chi connectivity index (χ3v) is 7.10. The van der Waals surface area contributed by atoms with E-state index < -0.39 is 144 Å². The van der Waals surface area contributed by atoms with Crippen LogP contribution >= 0.6 is 0 Å². The molecule has 1 aliphatic rings. The molecule has 0 fully saturated rings. The highest BCUT2D eigenvalue weighted by Gasteiger charge is 2.51. The summed E-state index contributed by atoms with van der Waals surface area (Å²) in [6, 6.07) is 3.43. The van der Waals surface area contributed by atoms with Gasteiger partial charge in [0.15, 0.2) is 63.9 Å². The smallest absolute Gasteiger partial charge is 0.203 e. The second-order valence-corrected chi connectivity index (χ2v) is 9.76. The van der Waals surface area contributed by atoms with E-state index in [0.29, 0.717) is 0 Å². The number of allylic oxidation sites excluding steroid dienone is 4.